The van der Waals surface area contributed by atoms with Gasteiger partial charge in [0.15, 0.2) is 5.58 Å². The molecule has 0 spiro atoms. The van der Waals surface area contributed by atoms with Gasteiger partial charge in [0.1, 0.15) is 5.58 Å². The van der Waals surface area contributed by atoms with Crippen molar-refractivity contribution in [2.45, 2.75) is 122 Å². The monoisotopic (exact) mass is 969 g/mol. The zero-order valence-electron chi connectivity index (χ0n) is 45.6. The molecule has 0 saturated carbocycles. The number of para-hydroxylation sites is 1. The van der Waals surface area contributed by atoms with E-state index in [-0.39, 0.29) is 21.7 Å². The molecule has 9 aromatic rings. The standard InChI is InChI=1S/C71H72N2O/c1-66(2,3)48-30-38-54(39-31-48)72(55-40-32-49(33-41-55)67(4,5)6)61-47-60-64(63-58-27-19-20-29-62(58)74-65(61)63)59-28-21-22-46-70(59,71(60,52-23-15-13-16-24-52)53-25-17-14-18-26-53)73(56-42-34-50(35-43-56)68(7,8)9)57-44-36-51(37-45-57)69(10,11)12/h13-45,47H,46H2,1-12H3. The fraction of sp³-hybridized carbons (Fsp3) is 0.268. The van der Waals surface area contributed by atoms with Gasteiger partial charge >= 0.3 is 0 Å². The number of benzene rings is 8. The van der Waals surface area contributed by atoms with Gasteiger partial charge in [0.2, 0.25) is 0 Å². The third-order valence-electron chi connectivity index (χ3n) is 16.2. The molecule has 1 atom stereocenters. The fourth-order valence-electron chi connectivity index (χ4n) is 12.3. The minimum Gasteiger partial charge on any atom is -0.454 e. The van der Waals surface area contributed by atoms with Crippen molar-refractivity contribution in [2.75, 3.05) is 9.80 Å². The molecule has 1 unspecified atom stereocenters. The largest absolute Gasteiger partial charge is 0.454 e. The van der Waals surface area contributed by atoms with Gasteiger partial charge < -0.3 is 14.2 Å². The average Bonchev–Trinajstić information content (AvgIpc) is 3.93. The van der Waals surface area contributed by atoms with Crippen molar-refractivity contribution in [1.82, 2.24) is 0 Å². The van der Waals surface area contributed by atoms with Gasteiger partial charge in [0.05, 0.1) is 16.6 Å². The first-order valence-electron chi connectivity index (χ1n) is 26.7. The first-order valence-corrected chi connectivity index (χ1v) is 26.7. The van der Waals surface area contributed by atoms with E-state index in [1.165, 1.54) is 50.1 Å². The minimum absolute atomic E-state index is 0.0133. The molecule has 1 aromatic heterocycles. The van der Waals surface area contributed by atoms with Crippen LogP contribution in [0.5, 0.6) is 0 Å². The predicted octanol–water partition coefficient (Wildman–Crippen LogP) is 19.5. The summed E-state index contributed by atoms with van der Waals surface area (Å²) in [6, 6.07) is 71.4. The maximum absolute atomic E-state index is 7.40. The lowest BCUT2D eigenvalue weighted by Gasteiger charge is -2.55. The quantitative estimate of drug-likeness (QED) is 0.151. The maximum Gasteiger partial charge on any atom is 0.160 e. The minimum atomic E-state index is -0.813. The van der Waals surface area contributed by atoms with Gasteiger partial charge in [-0.25, -0.2) is 0 Å². The highest BCUT2D eigenvalue weighted by atomic mass is 16.3. The Balaban J connectivity index is 1.33. The van der Waals surface area contributed by atoms with Gasteiger partial charge in [0.25, 0.3) is 0 Å². The molecule has 0 bridgehead atoms. The van der Waals surface area contributed by atoms with Gasteiger partial charge in [-0.3, -0.25) is 0 Å². The van der Waals surface area contributed by atoms with Crippen molar-refractivity contribution >= 4 is 55.9 Å². The van der Waals surface area contributed by atoms with Crippen molar-refractivity contribution < 1.29 is 4.42 Å². The molecule has 0 fully saturated rings. The predicted molar refractivity (Wildman–Crippen MR) is 315 cm³/mol. The van der Waals surface area contributed by atoms with Crippen molar-refractivity contribution in [3.05, 3.63) is 251 Å². The van der Waals surface area contributed by atoms with Gasteiger partial charge in [-0.15, -0.1) is 0 Å². The summed E-state index contributed by atoms with van der Waals surface area (Å²) in [6.45, 7) is 27.6. The van der Waals surface area contributed by atoms with Crippen LogP contribution in [0.1, 0.15) is 134 Å². The van der Waals surface area contributed by atoms with Crippen LogP contribution >= 0.6 is 0 Å². The molecule has 0 aliphatic heterocycles. The number of furan rings is 1. The highest BCUT2D eigenvalue weighted by Gasteiger charge is 2.66. The van der Waals surface area contributed by atoms with E-state index in [4.69, 9.17) is 4.42 Å². The fourth-order valence-corrected chi connectivity index (χ4v) is 12.3. The van der Waals surface area contributed by atoms with Gasteiger partial charge in [-0.1, -0.05) is 229 Å². The first-order chi connectivity index (χ1) is 35.2. The molecule has 74 heavy (non-hydrogen) atoms. The van der Waals surface area contributed by atoms with Crippen molar-refractivity contribution in [2.24, 2.45) is 0 Å². The van der Waals surface area contributed by atoms with E-state index >= 15 is 0 Å². The number of fused-ring (bicyclic) bond motifs is 7. The molecule has 0 amide bonds. The Hall–Kier alpha value is -7.36. The summed E-state index contributed by atoms with van der Waals surface area (Å²) < 4.78 is 7.40. The average molecular weight is 969 g/mol. The van der Waals surface area contributed by atoms with Crippen LogP contribution in [0.25, 0.3) is 27.5 Å². The lowest BCUT2D eigenvalue weighted by atomic mass is 9.57. The molecule has 2 aliphatic rings. The molecular formula is C71H72N2O. The Bertz CT molecular complexity index is 3410. The molecule has 8 aromatic carbocycles. The van der Waals surface area contributed by atoms with E-state index in [1.807, 2.05) is 0 Å². The zero-order chi connectivity index (χ0) is 52.0. The van der Waals surface area contributed by atoms with Gasteiger partial charge in [-0.05, 0) is 139 Å². The summed E-state index contributed by atoms with van der Waals surface area (Å²) in [6.07, 6.45) is 7.87. The first kappa shape index (κ1) is 48.9. The number of anilines is 5. The Morgan fingerprint density at radius 3 is 1.28 bits per heavy atom. The zero-order valence-corrected chi connectivity index (χ0v) is 45.6. The Labute approximate surface area is 440 Å². The normalized spacial score (nSPS) is 16.5. The molecule has 0 radical (unpaired) electrons. The molecule has 11 rings (SSSR count). The number of allylic oxidation sites excluding steroid dienone is 2. The third kappa shape index (κ3) is 7.85. The van der Waals surface area contributed by atoms with E-state index in [2.05, 4.69) is 299 Å². The van der Waals surface area contributed by atoms with Crippen LogP contribution in [0.4, 0.5) is 28.4 Å². The van der Waals surface area contributed by atoms with E-state index < -0.39 is 11.0 Å². The number of hydrogen-bond acceptors (Lipinski definition) is 3. The second-order valence-corrected chi connectivity index (χ2v) is 25.0. The van der Waals surface area contributed by atoms with Crippen LogP contribution in [0.3, 0.4) is 0 Å². The number of hydrogen-bond donors (Lipinski definition) is 0. The summed E-state index contributed by atoms with van der Waals surface area (Å²) in [4.78, 5) is 5.18. The summed E-state index contributed by atoms with van der Waals surface area (Å²) in [7, 11) is 0. The topological polar surface area (TPSA) is 19.6 Å². The van der Waals surface area contributed by atoms with Gasteiger partial charge in [-0.2, -0.15) is 0 Å². The third-order valence-corrected chi connectivity index (χ3v) is 16.2. The lowest BCUT2D eigenvalue weighted by molar-refractivity contribution is 0.397. The second-order valence-electron chi connectivity index (χ2n) is 25.0. The smallest absolute Gasteiger partial charge is 0.160 e. The van der Waals surface area contributed by atoms with Gasteiger partial charge in [0, 0.05) is 33.5 Å². The van der Waals surface area contributed by atoms with E-state index in [1.54, 1.807) is 0 Å². The molecule has 2 aliphatic carbocycles. The summed E-state index contributed by atoms with van der Waals surface area (Å²) in [5.41, 5.74) is 16.8. The van der Waals surface area contributed by atoms with Crippen LogP contribution in [0.2, 0.25) is 0 Å². The summed E-state index contributed by atoms with van der Waals surface area (Å²) >= 11 is 0. The van der Waals surface area contributed by atoms with Crippen LogP contribution in [-0.2, 0) is 27.1 Å². The molecule has 0 saturated heterocycles. The Morgan fingerprint density at radius 1 is 0.446 bits per heavy atom. The summed E-state index contributed by atoms with van der Waals surface area (Å²) in [5.74, 6) is 0. The molecule has 0 N–H and O–H groups in total. The molecule has 3 heteroatoms. The molecule has 372 valence electrons. The Morgan fingerprint density at radius 2 is 0.851 bits per heavy atom. The number of rotatable bonds is 8. The van der Waals surface area contributed by atoms with E-state index in [0.717, 1.165) is 56.8 Å². The van der Waals surface area contributed by atoms with Crippen molar-refractivity contribution in [3.8, 4) is 0 Å². The van der Waals surface area contributed by atoms with Crippen molar-refractivity contribution in [1.29, 1.82) is 0 Å². The van der Waals surface area contributed by atoms with Crippen LogP contribution in [-0.4, -0.2) is 5.54 Å². The highest BCUT2D eigenvalue weighted by Crippen LogP contribution is 2.68. The highest BCUT2D eigenvalue weighted by molar-refractivity contribution is 6.19. The SMILES string of the molecule is CC(C)(C)c1ccc(N(c2ccc(C(C)(C)C)cc2)c2cc3c(c4c2oc2ccccc24)C2=CC=CCC2(N(c2ccc(C(C)(C)C)cc2)c2ccc(C(C)(C)C)cc2)C3(c2ccccc2)c2ccccc2)cc1. The van der Waals surface area contributed by atoms with Crippen LogP contribution in [0, 0.1) is 0 Å². The van der Waals surface area contributed by atoms with E-state index in [9.17, 15) is 0 Å². The molecule has 1 heterocycles. The number of nitrogens with zero attached hydrogens (tertiary/aromatic N) is 2. The van der Waals surface area contributed by atoms with Crippen LogP contribution < -0.4 is 9.80 Å². The van der Waals surface area contributed by atoms with E-state index in [0.29, 0.717) is 0 Å². The Kier molecular flexibility index (Phi) is 11.7. The van der Waals surface area contributed by atoms with Crippen molar-refractivity contribution in [3.63, 3.8) is 0 Å². The molecule has 3 nitrogen and oxygen atoms in total. The second kappa shape index (κ2) is 17.7. The van der Waals surface area contributed by atoms with Crippen LogP contribution in [0.15, 0.2) is 211 Å². The lowest BCUT2D eigenvalue weighted by Crippen LogP contribution is -2.60. The molecular weight excluding hydrogens is 897 g/mol. The maximum atomic E-state index is 7.40. The summed E-state index contributed by atoms with van der Waals surface area (Å²) in [5, 5.41) is 2.23.